The topological polar surface area (TPSA) is 30.8 Å². The van der Waals surface area contributed by atoms with Crippen LogP contribution in [0.4, 0.5) is 0 Å². The van der Waals surface area contributed by atoms with Gasteiger partial charge in [-0.3, -0.25) is 0 Å². The Morgan fingerprint density at radius 3 is 2.57 bits per heavy atom. The fourth-order valence-electron chi connectivity index (χ4n) is 2.45. The molecule has 120 valence electrons. The number of ether oxygens (including phenoxy) is 2. The molecule has 0 saturated heterocycles. The van der Waals surface area contributed by atoms with E-state index < -0.39 is 0 Å². The Morgan fingerprint density at radius 1 is 1.13 bits per heavy atom. The molecule has 2 aromatic rings. The standard InChI is InChI=1S/C19H21NO2Se/c1-19(2)13-22-18(20-19)15-10-7-11-16(21-3)17(15)23-12-14-8-5-4-6-9-14/h4-11H,12-13H2,1-3H3. The average Bonchev–Trinajstić information content (AvgIpc) is 2.93. The van der Waals surface area contributed by atoms with Crippen molar-refractivity contribution in [3.63, 3.8) is 0 Å². The zero-order valence-electron chi connectivity index (χ0n) is 13.7. The third-order valence-electron chi connectivity index (χ3n) is 3.62. The van der Waals surface area contributed by atoms with E-state index in [1.807, 2.05) is 18.2 Å². The molecule has 2 aromatic carbocycles. The Balaban J connectivity index is 1.91. The van der Waals surface area contributed by atoms with Crippen LogP contribution in [0.3, 0.4) is 0 Å². The Labute approximate surface area is 143 Å². The first-order chi connectivity index (χ1) is 11.1. The van der Waals surface area contributed by atoms with Crippen molar-refractivity contribution >= 4 is 25.3 Å². The van der Waals surface area contributed by atoms with Crippen LogP contribution in [0.1, 0.15) is 25.0 Å². The van der Waals surface area contributed by atoms with E-state index in [9.17, 15) is 0 Å². The predicted octanol–water partition coefficient (Wildman–Crippen LogP) is 2.78. The molecule has 1 heterocycles. The van der Waals surface area contributed by atoms with Crippen LogP contribution in [-0.2, 0) is 10.1 Å². The summed E-state index contributed by atoms with van der Waals surface area (Å²) in [7, 11) is 1.72. The van der Waals surface area contributed by atoms with E-state index in [1.165, 1.54) is 10.0 Å². The van der Waals surface area contributed by atoms with Crippen molar-refractivity contribution in [2.75, 3.05) is 13.7 Å². The molecule has 23 heavy (non-hydrogen) atoms. The number of hydrogen-bond donors (Lipinski definition) is 0. The first-order valence-corrected chi connectivity index (χ1v) is 9.72. The summed E-state index contributed by atoms with van der Waals surface area (Å²) < 4.78 is 12.7. The van der Waals surface area contributed by atoms with E-state index in [0.29, 0.717) is 6.61 Å². The number of aliphatic imine (C=N–C) groups is 1. The van der Waals surface area contributed by atoms with Gasteiger partial charge in [-0.25, -0.2) is 0 Å². The van der Waals surface area contributed by atoms with Crippen molar-refractivity contribution in [1.82, 2.24) is 0 Å². The molecule has 0 spiro atoms. The molecule has 3 nitrogen and oxygen atoms in total. The van der Waals surface area contributed by atoms with Gasteiger partial charge in [-0.15, -0.1) is 0 Å². The van der Waals surface area contributed by atoms with Crippen LogP contribution < -0.4 is 9.20 Å². The second kappa shape index (κ2) is 6.77. The third kappa shape index (κ3) is 3.77. The van der Waals surface area contributed by atoms with Crippen LogP contribution in [0.5, 0.6) is 5.75 Å². The Kier molecular flexibility index (Phi) is 4.74. The molecule has 0 unspecified atom stereocenters. The van der Waals surface area contributed by atoms with Gasteiger partial charge in [0.05, 0.1) is 0 Å². The Bertz CT molecular complexity index is 711. The molecule has 0 saturated carbocycles. The SMILES string of the molecule is COc1cccc(C2=NC(C)(C)CO2)c1[Se]Cc1ccccc1. The predicted molar refractivity (Wildman–Crippen MR) is 95.1 cm³/mol. The van der Waals surface area contributed by atoms with Crippen LogP contribution >= 0.6 is 0 Å². The van der Waals surface area contributed by atoms with E-state index in [4.69, 9.17) is 14.5 Å². The molecular weight excluding hydrogens is 353 g/mol. The second-order valence-electron chi connectivity index (χ2n) is 6.13. The third-order valence-corrected chi connectivity index (χ3v) is 6.11. The zero-order valence-corrected chi connectivity index (χ0v) is 15.4. The van der Waals surface area contributed by atoms with Gasteiger partial charge in [-0.05, 0) is 0 Å². The van der Waals surface area contributed by atoms with E-state index in [0.717, 1.165) is 22.5 Å². The van der Waals surface area contributed by atoms with Gasteiger partial charge in [0.25, 0.3) is 0 Å². The van der Waals surface area contributed by atoms with Crippen LogP contribution in [0, 0.1) is 0 Å². The fourth-order valence-corrected chi connectivity index (χ4v) is 4.77. The molecular formula is C19H21NO2Se. The van der Waals surface area contributed by atoms with Crippen molar-refractivity contribution < 1.29 is 9.47 Å². The average molecular weight is 374 g/mol. The molecule has 0 fully saturated rings. The van der Waals surface area contributed by atoms with Crippen LogP contribution in [0.2, 0.25) is 0 Å². The summed E-state index contributed by atoms with van der Waals surface area (Å²) in [5.41, 5.74) is 2.27. The summed E-state index contributed by atoms with van der Waals surface area (Å²) in [6, 6.07) is 16.7. The molecule has 0 radical (unpaired) electrons. The molecule has 1 aliphatic heterocycles. The quantitative estimate of drug-likeness (QED) is 0.754. The summed E-state index contributed by atoms with van der Waals surface area (Å²) >= 11 is 0.252. The van der Waals surface area contributed by atoms with Crippen LogP contribution in [0.25, 0.3) is 0 Å². The molecule has 0 aliphatic carbocycles. The van der Waals surface area contributed by atoms with Gasteiger partial charge >= 0.3 is 144 Å². The normalized spacial score (nSPS) is 15.9. The minimum absolute atomic E-state index is 0.151. The zero-order chi connectivity index (χ0) is 16.3. The summed E-state index contributed by atoms with van der Waals surface area (Å²) in [4.78, 5) is 4.73. The van der Waals surface area contributed by atoms with Gasteiger partial charge in [-0.1, -0.05) is 0 Å². The number of benzene rings is 2. The maximum atomic E-state index is 5.85. The second-order valence-corrected chi connectivity index (χ2v) is 8.20. The number of hydrogen-bond acceptors (Lipinski definition) is 3. The first kappa shape index (κ1) is 16.1. The molecule has 0 amide bonds. The van der Waals surface area contributed by atoms with Crippen LogP contribution in [0.15, 0.2) is 53.5 Å². The minimum atomic E-state index is -0.151. The van der Waals surface area contributed by atoms with Gasteiger partial charge in [0.2, 0.25) is 0 Å². The number of methoxy groups -OCH3 is 1. The monoisotopic (exact) mass is 375 g/mol. The molecule has 0 bridgehead atoms. The number of nitrogens with zero attached hydrogens (tertiary/aromatic N) is 1. The summed E-state index contributed by atoms with van der Waals surface area (Å²) in [5, 5.41) is 1.03. The number of rotatable bonds is 5. The summed E-state index contributed by atoms with van der Waals surface area (Å²) in [5.74, 6) is 1.67. The van der Waals surface area contributed by atoms with E-state index >= 15 is 0 Å². The van der Waals surface area contributed by atoms with Crippen molar-refractivity contribution in [1.29, 1.82) is 0 Å². The first-order valence-electron chi connectivity index (χ1n) is 7.66. The van der Waals surface area contributed by atoms with Crippen molar-refractivity contribution in [2.24, 2.45) is 4.99 Å². The van der Waals surface area contributed by atoms with Crippen molar-refractivity contribution in [3.05, 3.63) is 59.7 Å². The fraction of sp³-hybridized carbons (Fsp3) is 0.316. The molecule has 0 N–H and O–H groups in total. The van der Waals surface area contributed by atoms with E-state index in [2.05, 4.69) is 44.2 Å². The van der Waals surface area contributed by atoms with Gasteiger partial charge in [0.15, 0.2) is 0 Å². The Hall–Kier alpha value is -1.77. The molecule has 0 atom stereocenters. The molecule has 0 aromatic heterocycles. The van der Waals surface area contributed by atoms with Gasteiger partial charge in [-0.2, -0.15) is 0 Å². The van der Waals surface area contributed by atoms with Crippen LogP contribution in [-0.4, -0.2) is 40.1 Å². The summed E-state index contributed by atoms with van der Waals surface area (Å²) in [6.07, 6.45) is 0. The van der Waals surface area contributed by atoms with E-state index in [-0.39, 0.29) is 20.5 Å². The summed E-state index contributed by atoms with van der Waals surface area (Å²) in [6.45, 7) is 4.81. The Morgan fingerprint density at radius 2 is 1.91 bits per heavy atom. The van der Waals surface area contributed by atoms with Gasteiger partial charge < -0.3 is 0 Å². The molecule has 1 aliphatic rings. The maximum absolute atomic E-state index is 5.85. The molecule has 4 heteroatoms. The van der Waals surface area contributed by atoms with Gasteiger partial charge in [0, 0.05) is 0 Å². The van der Waals surface area contributed by atoms with Crippen molar-refractivity contribution in [3.8, 4) is 5.75 Å². The van der Waals surface area contributed by atoms with E-state index in [1.54, 1.807) is 7.11 Å². The van der Waals surface area contributed by atoms with Crippen molar-refractivity contribution in [2.45, 2.75) is 24.7 Å². The van der Waals surface area contributed by atoms with Gasteiger partial charge in [0.1, 0.15) is 0 Å². The molecule has 3 rings (SSSR count).